The molecule has 9 heteroatoms. The Kier molecular flexibility index (Phi) is 5.89. The molecule has 28 heavy (non-hydrogen) atoms. The van der Waals surface area contributed by atoms with Crippen molar-refractivity contribution >= 4 is 34.8 Å². The zero-order chi connectivity index (χ0) is 20.3. The highest BCUT2D eigenvalue weighted by Crippen LogP contribution is 2.21. The van der Waals surface area contributed by atoms with Crippen LogP contribution in [0.2, 0.25) is 5.02 Å². The molecule has 0 spiro atoms. The van der Waals surface area contributed by atoms with E-state index in [1.807, 2.05) is 0 Å². The van der Waals surface area contributed by atoms with Gasteiger partial charge in [-0.3, -0.25) is 9.59 Å². The molecule has 146 valence electrons. The van der Waals surface area contributed by atoms with E-state index in [0.29, 0.717) is 10.7 Å². The molecule has 1 unspecified atom stereocenters. The molecule has 1 aliphatic heterocycles. The number of amides is 2. The Morgan fingerprint density at radius 1 is 1.29 bits per heavy atom. The normalized spacial score (nSPS) is 15.6. The first kappa shape index (κ1) is 19.8. The average Bonchev–Trinajstić information content (AvgIpc) is 3.12. The molecule has 6 nitrogen and oxygen atoms in total. The van der Waals surface area contributed by atoms with Crippen LogP contribution in [0.4, 0.5) is 14.5 Å². The number of carbonyl (C=O) groups excluding carboxylic acids is 2. The summed E-state index contributed by atoms with van der Waals surface area (Å²) >= 11 is 5.86. The van der Waals surface area contributed by atoms with E-state index in [9.17, 15) is 18.4 Å². The molecule has 2 aromatic carbocycles. The summed E-state index contributed by atoms with van der Waals surface area (Å²) in [5.74, 6) is -2.21. The van der Waals surface area contributed by atoms with Gasteiger partial charge >= 0.3 is 0 Å². The van der Waals surface area contributed by atoms with Crippen molar-refractivity contribution in [3.05, 3.63) is 64.7 Å². The number of oxime groups is 1. The Hall–Kier alpha value is -3.00. The molecule has 0 radical (unpaired) electrons. The molecule has 0 aromatic heterocycles. The first-order chi connectivity index (χ1) is 13.3. The quantitative estimate of drug-likeness (QED) is 0.827. The Labute approximate surface area is 164 Å². The maximum Gasteiger partial charge on any atom is 0.267 e. The second-order valence-corrected chi connectivity index (χ2v) is 6.65. The van der Waals surface area contributed by atoms with Gasteiger partial charge in [0.05, 0.1) is 12.3 Å². The van der Waals surface area contributed by atoms with Gasteiger partial charge < -0.3 is 15.1 Å². The fraction of sp³-hybridized carbons (Fsp3) is 0.211. The lowest BCUT2D eigenvalue weighted by atomic mass is 10.0. The van der Waals surface area contributed by atoms with Crippen molar-refractivity contribution in [2.75, 3.05) is 18.9 Å². The van der Waals surface area contributed by atoms with Gasteiger partial charge in [-0.05, 0) is 36.4 Å². The number of rotatable bonds is 5. The number of anilines is 1. The van der Waals surface area contributed by atoms with E-state index in [2.05, 4.69) is 10.5 Å². The minimum Gasteiger partial charge on any atom is -0.382 e. The predicted molar refractivity (Wildman–Crippen MR) is 100 cm³/mol. The van der Waals surface area contributed by atoms with Gasteiger partial charge in [-0.25, -0.2) is 8.78 Å². The lowest BCUT2D eigenvalue weighted by Crippen LogP contribution is -2.41. The third kappa shape index (κ3) is 4.64. The first-order valence-corrected chi connectivity index (χ1v) is 8.70. The van der Waals surface area contributed by atoms with Crippen LogP contribution in [0, 0.1) is 11.6 Å². The SMILES string of the molecule is CN(CC(=O)Nc1cccc(Cl)c1)C(=O)C1CC(c2cc(F)ccc2F)=NO1. The van der Waals surface area contributed by atoms with Crippen LogP contribution >= 0.6 is 11.6 Å². The summed E-state index contributed by atoms with van der Waals surface area (Å²) in [5.41, 5.74) is 0.575. The smallest absolute Gasteiger partial charge is 0.267 e. The van der Waals surface area contributed by atoms with E-state index in [0.717, 1.165) is 18.2 Å². The summed E-state index contributed by atoms with van der Waals surface area (Å²) in [4.78, 5) is 30.8. The van der Waals surface area contributed by atoms with Gasteiger partial charge in [-0.1, -0.05) is 22.8 Å². The zero-order valence-electron chi connectivity index (χ0n) is 14.8. The fourth-order valence-electron chi connectivity index (χ4n) is 2.69. The maximum atomic E-state index is 13.9. The van der Waals surface area contributed by atoms with Crippen molar-refractivity contribution in [1.82, 2.24) is 4.90 Å². The van der Waals surface area contributed by atoms with Gasteiger partial charge in [0.25, 0.3) is 5.91 Å². The molecule has 1 N–H and O–H groups in total. The van der Waals surface area contributed by atoms with Gasteiger partial charge in [0.1, 0.15) is 11.6 Å². The Balaban J connectivity index is 1.57. The van der Waals surface area contributed by atoms with E-state index in [1.165, 1.54) is 11.9 Å². The van der Waals surface area contributed by atoms with Gasteiger partial charge in [0, 0.05) is 29.7 Å². The summed E-state index contributed by atoms with van der Waals surface area (Å²) in [6.07, 6.45) is -1.04. The Morgan fingerprint density at radius 3 is 2.82 bits per heavy atom. The maximum absolute atomic E-state index is 13.9. The summed E-state index contributed by atoms with van der Waals surface area (Å²) < 4.78 is 27.2. The van der Waals surface area contributed by atoms with Gasteiger partial charge in [0.2, 0.25) is 12.0 Å². The molecule has 0 aliphatic carbocycles. The zero-order valence-corrected chi connectivity index (χ0v) is 15.5. The summed E-state index contributed by atoms with van der Waals surface area (Å²) in [7, 11) is 1.43. The van der Waals surface area contributed by atoms with Crippen molar-refractivity contribution in [3.8, 4) is 0 Å². The highest BCUT2D eigenvalue weighted by molar-refractivity contribution is 6.30. The molecule has 0 fully saturated rings. The number of hydrogen-bond acceptors (Lipinski definition) is 4. The molecular weight excluding hydrogens is 392 g/mol. The molecular formula is C19H16ClF2N3O3. The second-order valence-electron chi connectivity index (χ2n) is 6.21. The van der Waals surface area contributed by atoms with Gasteiger partial charge in [-0.2, -0.15) is 0 Å². The monoisotopic (exact) mass is 407 g/mol. The second kappa shape index (κ2) is 8.35. The molecule has 1 atom stereocenters. The van der Waals surface area contributed by atoms with Crippen LogP contribution < -0.4 is 5.32 Å². The minimum absolute atomic E-state index is 0.0283. The first-order valence-electron chi connectivity index (χ1n) is 8.32. The number of carbonyl (C=O) groups is 2. The molecule has 0 saturated heterocycles. The fourth-order valence-corrected chi connectivity index (χ4v) is 2.88. The third-order valence-electron chi connectivity index (χ3n) is 4.05. The standard InChI is InChI=1S/C19H16ClF2N3O3/c1-25(10-18(26)23-13-4-2-3-11(20)7-13)19(27)17-9-16(24-28-17)14-8-12(21)5-6-15(14)22/h2-8,17H,9-10H2,1H3,(H,23,26). The molecule has 0 saturated carbocycles. The minimum atomic E-state index is -1.01. The molecule has 2 aromatic rings. The van der Waals surface area contributed by atoms with Crippen molar-refractivity contribution in [2.45, 2.75) is 12.5 Å². The van der Waals surface area contributed by atoms with E-state index in [4.69, 9.17) is 16.4 Å². The molecule has 1 aliphatic rings. The van der Waals surface area contributed by atoms with Gasteiger partial charge in [0.15, 0.2) is 0 Å². The lowest BCUT2D eigenvalue weighted by molar-refractivity contribution is -0.142. The Bertz CT molecular complexity index is 952. The van der Waals surface area contributed by atoms with E-state index in [1.54, 1.807) is 24.3 Å². The molecule has 0 bridgehead atoms. The topological polar surface area (TPSA) is 71.0 Å². The molecule has 1 heterocycles. The van der Waals surface area contributed by atoms with Crippen LogP contribution in [-0.2, 0) is 14.4 Å². The summed E-state index contributed by atoms with van der Waals surface area (Å²) in [5, 5.41) is 6.79. The van der Waals surface area contributed by atoms with E-state index < -0.39 is 29.6 Å². The van der Waals surface area contributed by atoms with Crippen molar-refractivity contribution in [1.29, 1.82) is 0 Å². The van der Waals surface area contributed by atoms with Crippen LogP contribution in [0.15, 0.2) is 47.6 Å². The highest BCUT2D eigenvalue weighted by atomic mass is 35.5. The number of nitrogens with one attached hydrogen (secondary N) is 1. The van der Waals surface area contributed by atoms with Crippen molar-refractivity contribution in [2.24, 2.45) is 5.16 Å². The number of benzene rings is 2. The predicted octanol–water partition coefficient (Wildman–Crippen LogP) is 3.21. The molecule has 2 amide bonds. The van der Waals surface area contributed by atoms with Crippen LogP contribution in [-0.4, -0.2) is 42.1 Å². The lowest BCUT2D eigenvalue weighted by Gasteiger charge is -2.19. The third-order valence-corrected chi connectivity index (χ3v) is 4.28. The van der Waals surface area contributed by atoms with Crippen LogP contribution in [0.25, 0.3) is 0 Å². The van der Waals surface area contributed by atoms with Crippen LogP contribution in [0.1, 0.15) is 12.0 Å². The van der Waals surface area contributed by atoms with Crippen molar-refractivity contribution in [3.63, 3.8) is 0 Å². The van der Waals surface area contributed by atoms with E-state index in [-0.39, 0.29) is 24.2 Å². The average molecular weight is 408 g/mol. The number of nitrogens with zero attached hydrogens (tertiary/aromatic N) is 2. The Morgan fingerprint density at radius 2 is 2.07 bits per heavy atom. The summed E-state index contributed by atoms with van der Waals surface area (Å²) in [6.45, 7) is -0.227. The van der Waals surface area contributed by atoms with Crippen LogP contribution in [0.5, 0.6) is 0 Å². The van der Waals surface area contributed by atoms with E-state index >= 15 is 0 Å². The number of likely N-dealkylation sites (N-methyl/N-ethyl adjacent to an activating group) is 1. The van der Waals surface area contributed by atoms with Crippen molar-refractivity contribution < 1.29 is 23.2 Å². The highest BCUT2D eigenvalue weighted by Gasteiger charge is 2.32. The largest absolute Gasteiger partial charge is 0.382 e. The number of hydrogen-bond donors (Lipinski definition) is 1. The van der Waals surface area contributed by atoms with Gasteiger partial charge in [-0.15, -0.1) is 0 Å². The number of halogens is 3. The molecule has 3 rings (SSSR count). The van der Waals surface area contributed by atoms with Crippen LogP contribution in [0.3, 0.4) is 0 Å². The summed E-state index contributed by atoms with van der Waals surface area (Å²) in [6, 6.07) is 9.56.